The molecule has 3 heterocycles. The van der Waals surface area contributed by atoms with Gasteiger partial charge >= 0.3 is 0 Å². The van der Waals surface area contributed by atoms with Gasteiger partial charge in [-0.2, -0.15) is 0 Å². The van der Waals surface area contributed by atoms with E-state index in [1.807, 2.05) is 25.1 Å². The molecule has 1 aliphatic heterocycles. The number of fused-ring (bicyclic) bond motifs is 1. The molecule has 5 rings (SSSR count). The van der Waals surface area contributed by atoms with E-state index in [1.54, 1.807) is 32.5 Å². The zero-order chi connectivity index (χ0) is 28.2. The maximum atomic E-state index is 13.5. The number of rotatable bonds is 9. The van der Waals surface area contributed by atoms with E-state index in [1.165, 1.54) is 0 Å². The molecule has 3 N–H and O–H groups in total. The largest absolute Gasteiger partial charge is 0.387 e. The van der Waals surface area contributed by atoms with E-state index < -0.39 is 6.10 Å². The number of ether oxygens (including phenoxy) is 1. The number of nitrogens with zero attached hydrogens (tertiary/aromatic N) is 5. The Kier molecular flexibility index (Phi) is 8.51. The van der Waals surface area contributed by atoms with Gasteiger partial charge in [0.1, 0.15) is 6.04 Å². The zero-order valence-corrected chi connectivity index (χ0v) is 23.5. The molecular formula is C30H37N7O3. The van der Waals surface area contributed by atoms with Crippen LogP contribution in [0.25, 0.3) is 5.57 Å². The van der Waals surface area contributed by atoms with Crippen LogP contribution in [0.5, 0.6) is 0 Å². The summed E-state index contributed by atoms with van der Waals surface area (Å²) >= 11 is 0. The quantitative estimate of drug-likeness (QED) is 0.374. The minimum absolute atomic E-state index is 0.0480. The number of anilines is 3. The van der Waals surface area contributed by atoms with Crippen LogP contribution in [0.4, 0.5) is 17.3 Å². The highest BCUT2D eigenvalue weighted by atomic mass is 16.5. The number of piperazine rings is 1. The Morgan fingerprint density at radius 2 is 1.93 bits per heavy atom. The fourth-order valence-electron chi connectivity index (χ4n) is 5.20. The van der Waals surface area contributed by atoms with Crippen LogP contribution in [-0.4, -0.2) is 88.8 Å². The number of hydrogen-bond donors (Lipinski definition) is 3. The first kappa shape index (κ1) is 27.9. The van der Waals surface area contributed by atoms with Gasteiger partial charge in [-0.1, -0.05) is 18.2 Å². The van der Waals surface area contributed by atoms with Gasteiger partial charge in [0.25, 0.3) is 0 Å². The number of carbonyl (C=O) groups is 1. The number of pyridine rings is 1. The Labute approximate surface area is 235 Å². The summed E-state index contributed by atoms with van der Waals surface area (Å²) in [5, 5.41) is 16.1. The first-order valence-corrected chi connectivity index (χ1v) is 13.6. The molecule has 40 heavy (non-hydrogen) atoms. The summed E-state index contributed by atoms with van der Waals surface area (Å²) in [5.74, 6) is 0.411. The molecule has 0 saturated carbocycles. The fourth-order valence-corrected chi connectivity index (χ4v) is 5.20. The lowest BCUT2D eigenvalue weighted by Crippen LogP contribution is -2.54. The lowest BCUT2D eigenvalue weighted by atomic mass is 9.99. The van der Waals surface area contributed by atoms with Crippen molar-refractivity contribution in [2.24, 2.45) is 0 Å². The van der Waals surface area contributed by atoms with E-state index in [9.17, 15) is 9.90 Å². The van der Waals surface area contributed by atoms with E-state index in [0.29, 0.717) is 24.7 Å². The zero-order valence-electron chi connectivity index (χ0n) is 23.5. The molecule has 0 bridgehead atoms. The first-order chi connectivity index (χ1) is 19.3. The van der Waals surface area contributed by atoms with E-state index in [2.05, 4.69) is 49.6 Å². The normalized spacial score (nSPS) is 17.2. The van der Waals surface area contributed by atoms with Crippen molar-refractivity contribution in [3.8, 4) is 0 Å². The Morgan fingerprint density at radius 1 is 1.12 bits per heavy atom. The summed E-state index contributed by atoms with van der Waals surface area (Å²) in [4.78, 5) is 31.5. The van der Waals surface area contributed by atoms with Crippen molar-refractivity contribution in [3.05, 3.63) is 76.9 Å². The molecule has 0 radical (unpaired) electrons. The van der Waals surface area contributed by atoms with Crippen molar-refractivity contribution < 1.29 is 14.6 Å². The van der Waals surface area contributed by atoms with Gasteiger partial charge in [0.15, 0.2) is 0 Å². The van der Waals surface area contributed by atoms with Gasteiger partial charge in [0.2, 0.25) is 11.9 Å². The molecule has 2 aromatic heterocycles. The van der Waals surface area contributed by atoms with Crippen molar-refractivity contribution in [2.75, 3.05) is 57.6 Å². The number of aliphatic hydroxyl groups excluding tert-OH is 1. The van der Waals surface area contributed by atoms with Crippen LogP contribution >= 0.6 is 0 Å². The maximum Gasteiger partial charge on any atom is 0.244 e. The highest BCUT2D eigenvalue weighted by Gasteiger charge is 2.30. The third-order valence-electron chi connectivity index (χ3n) is 7.54. The molecule has 0 spiro atoms. The van der Waals surface area contributed by atoms with Gasteiger partial charge in [-0.25, -0.2) is 9.97 Å². The number of hydrogen-bond acceptors (Lipinski definition) is 9. The number of aromatic nitrogens is 3. The lowest BCUT2D eigenvalue weighted by Gasteiger charge is -2.36. The molecule has 1 aliphatic carbocycles. The standard InChI is InChI=1S/C30H37N7O3/c1-19-16-32-30(33-21-8-11-25(20(2)38)31-17-21)35-28(19)24-10-9-23-22(24)6-5-7-26(23)34-29(39)27(18-40-4)37-14-12-36(3)13-15-37/h5-8,10-11,16-17,20,27,38H,9,12-15,18H2,1-4H3,(H,34,39)(H,32,33,35)/t20?,27-/m1/s1. The SMILES string of the molecule is COC[C@H](C(=O)Nc1cccc2c1CC=C2c1nc(Nc2ccc(C(C)O)nc2)ncc1C)N1CCN(C)CC1. The van der Waals surface area contributed by atoms with Crippen LogP contribution in [-0.2, 0) is 16.0 Å². The van der Waals surface area contributed by atoms with E-state index >= 15 is 0 Å². The number of aliphatic hydroxyl groups is 1. The molecule has 1 fully saturated rings. The molecule has 10 heteroatoms. The van der Waals surface area contributed by atoms with Crippen LogP contribution in [0.15, 0.2) is 48.8 Å². The average Bonchev–Trinajstić information content (AvgIpc) is 3.38. The summed E-state index contributed by atoms with van der Waals surface area (Å²) < 4.78 is 5.43. The summed E-state index contributed by atoms with van der Waals surface area (Å²) in [5.41, 5.74) is 7.09. The van der Waals surface area contributed by atoms with Crippen molar-refractivity contribution in [2.45, 2.75) is 32.4 Å². The van der Waals surface area contributed by atoms with Crippen LogP contribution in [0, 0.1) is 6.92 Å². The number of aryl methyl sites for hydroxylation is 1. The molecule has 10 nitrogen and oxygen atoms in total. The van der Waals surface area contributed by atoms with Gasteiger partial charge in [-0.3, -0.25) is 14.7 Å². The lowest BCUT2D eigenvalue weighted by molar-refractivity contribution is -0.124. The molecule has 1 amide bonds. The van der Waals surface area contributed by atoms with Crippen LogP contribution in [0.3, 0.4) is 0 Å². The van der Waals surface area contributed by atoms with Crippen molar-refractivity contribution in [1.82, 2.24) is 24.8 Å². The maximum absolute atomic E-state index is 13.5. The third kappa shape index (κ3) is 6.05. The summed E-state index contributed by atoms with van der Waals surface area (Å²) in [6.45, 7) is 7.55. The Hall–Kier alpha value is -3.70. The highest BCUT2D eigenvalue weighted by Crippen LogP contribution is 2.37. The minimum Gasteiger partial charge on any atom is -0.387 e. The summed E-state index contributed by atoms with van der Waals surface area (Å²) in [6.07, 6.45) is 5.69. The number of likely N-dealkylation sites (N-methyl/N-ethyl adjacent to an activating group) is 1. The molecule has 1 saturated heterocycles. The second kappa shape index (κ2) is 12.2. The molecule has 3 aromatic rings. The van der Waals surface area contributed by atoms with Crippen molar-refractivity contribution in [3.63, 3.8) is 0 Å². The van der Waals surface area contributed by atoms with Gasteiger partial charge < -0.3 is 25.4 Å². The smallest absolute Gasteiger partial charge is 0.244 e. The summed E-state index contributed by atoms with van der Waals surface area (Å²) in [7, 11) is 3.74. The van der Waals surface area contributed by atoms with E-state index in [4.69, 9.17) is 9.72 Å². The van der Waals surface area contributed by atoms with Crippen molar-refractivity contribution >= 4 is 28.8 Å². The molecule has 2 aliphatic rings. The molecule has 2 atom stereocenters. The first-order valence-electron chi connectivity index (χ1n) is 13.6. The topological polar surface area (TPSA) is 116 Å². The molecular weight excluding hydrogens is 506 g/mol. The van der Waals surface area contributed by atoms with Gasteiger partial charge in [0.05, 0.1) is 36.0 Å². The van der Waals surface area contributed by atoms with Gasteiger partial charge in [-0.05, 0) is 62.2 Å². The van der Waals surface area contributed by atoms with Crippen molar-refractivity contribution in [1.29, 1.82) is 0 Å². The molecule has 1 unspecified atom stereocenters. The number of benzene rings is 1. The Morgan fingerprint density at radius 3 is 2.62 bits per heavy atom. The van der Waals surface area contributed by atoms with Crippen LogP contribution < -0.4 is 10.6 Å². The van der Waals surface area contributed by atoms with Crippen LogP contribution in [0.1, 0.15) is 41.1 Å². The second-order valence-electron chi connectivity index (χ2n) is 10.5. The third-order valence-corrected chi connectivity index (χ3v) is 7.54. The number of carbonyl (C=O) groups excluding carboxylic acids is 1. The second-order valence-corrected chi connectivity index (χ2v) is 10.5. The number of allylic oxidation sites excluding steroid dienone is 1. The van der Waals surface area contributed by atoms with E-state index in [0.717, 1.165) is 65.5 Å². The fraction of sp³-hybridized carbons (Fsp3) is 0.400. The molecule has 210 valence electrons. The number of amides is 1. The minimum atomic E-state index is -0.627. The van der Waals surface area contributed by atoms with Gasteiger partial charge in [-0.15, -0.1) is 0 Å². The molecule has 1 aromatic carbocycles. The Bertz CT molecular complexity index is 1380. The van der Waals surface area contributed by atoms with Gasteiger partial charge in [0, 0.05) is 50.7 Å². The monoisotopic (exact) mass is 543 g/mol. The Balaban J connectivity index is 1.35. The summed E-state index contributed by atoms with van der Waals surface area (Å²) in [6, 6.07) is 9.28. The predicted molar refractivity (Wildman–Crippen MR) is 156 cm³/mol. The number of methoxy groups -OCH3 is 1. The van der Waals surface area contributed by atoms with E-state index in [-0.39, 0.29) is 11.9 Å². The average molecular weight is 544 g/mol. The predicted octanol–water partition coefficient (Wildman–Crippen LogP) is 3.17. The van der Waals surface area contributed by atoms with Crippen LogP contribution in [0.2, 0.25) is 0 Å². The number of nitrogens with one attached hydrogen (secondary N) is 2. The highest BCUT2D eigenvalue weighted by molar-refractivity contribution is 5.97.